The summed E-state index contributed by atoms with van der Waals surface area (Å²) < 4.78 is 12.8. The van der Waals surface area contributed by atoms with Crippen molar-refractivity contribution in [1.82, 2.24) is 0 Å². The van der Waals surface area contributed by atoms with E-state index in [9.17, 15) is 0 Å². The molecule has 0 spiro atoms. The fraction of sp³-hybridized carbons (Fsp3) is 0.0526. The molecule has 9 rings (SSSR count). The summed E-state index contributed by atoms with van der Waals surface area (Å²) in [5.41, 5.74) is 23.7. The minimum atomic E-state index is 0.142. The van der Waals surface area contributed by atoms with Crippen molar-refractivity contribution in [3.05, 3.63) is 167 Å². The zero-order chi connectivity index (χ0) is 28.2. The van der Waals surface area contributed by atoms with Gasteiger partial charge in [0.1, 0.15) is 23.0 Å². The molecule has 0 unspecified atom stereocenters. The summed E-state index contributed by atoms with van der Waals surface area (Å²) in [6.07, 6.45) is 0. The van der Waals surface area contributed by atoms with Gasteiger partial charge in [-0.05, 0) is 99.6 Å². The van der Waals surface area contributed by atoms with Gasteiger partial charge in [-0.1, -0.05) is 66.7 Å². The van der Waals surface area contributed by atoms with Crippen molar-refractivity contribution in [3.8, 4) is 34.1 Å². The first-order valence-corrected chi connectivity index (χ1v) is 14.2. The molecule has 0 fully saturated rings. The van der Waals surface area contributed by atoms with Crippen molar-refractivity contribution < 1.29 is 9.47 Å². The van der Waals surface area contributed by atoms with Crippen LogP contribution in [0.15, 0.2) is 133 Å². The van der Waals surface area contributed by atoms with Crippen molar-refractivity contribution in [1.29, 1.82) is 0 Å². The third-order valence-corrected chi connectivity index (χ3v) is 8.44. The molecule has 0 aliphatic heterocycles. The maximum Gasteiger partial charge on any atom is 0.138 e. The van der Waals surface area contributed by atoms with Gasteiger partial charge in [0.25, 0.3) is 0 Å². The molecule has 0 aromatic heterocycles. The minimum absolute atomic E-state index is 0.142. The first-order valence-electron chi connectivity index (χ1n) is 14.2. The second-order valence-electron chi connectivity index (χ2n) is 10.9. The van der Waals surface area contributed by atoms with Crippen molar-refractivity contribution in [2.75, 3.05) is 11.5 Å². The fourth-order valence-corrected chi connectivity index (χ4v) is 6.65. The van der Waals surface area contributed by atoms with E-state index in [1.807, 2.05) is 60.7 Å². The largest absolute Gasteiger partial charge is 0.457 e. The Morgan fingerprint density at radius 2 is 0.905 bits per heavy atom. The predicted molar refractivity (Wildman–Crippen MR) is 169 cm³/mol. The lowest BCUT2D eigenvalue weighted by atomic mass is 9.60. The third-order valence-electron chi connectivity index (χ3n) is 8.44. The highest BCUT2D eigenvalue weighted by molar-refractivity contribution is 5.82. The van der Waals surface area contributed by atoms with Crippen molar-refractivity contribution in [2.45, 2.75) is 11.8 Å². The highest BCUT2D eigenvalue weighted by Crippen LogP contribution is 2.58. The zero-order valence-electron chi connectivity index (χ0n) is 22.8. The first kappa shape index (κ1) is 24.3. The number of nitrogen functional groups attached to an aromatic ring is 2. The molecule has 0 saturated carbocycles. The Labute approximate surface area is 244 Å². The van der Waals surface area contributed by atoms with Crippen LogP contribution in [0.2, 0.25) is 0 Å². The van der Waals surface area contributed by atoms with Crippen molar-refractivity contribution in [3.63, 3.8) is 0 Å². The lowest BCUT2D eigenvalue weighted by Gasteiger charge is -2.43. The molecule has 42 heavy (non-hydrogen) atoms. The smallest absolute Gasteiger partial charge is 0.138 e. The molecule has 0 heterocycles. The normalized spacial score (nSPS) is 15.8. The standard InChI is InChI=1S/C38H28N2O2/c39-23-12-16-25(17-13-23)41-27-20-21-28(35(22-27)42-26-18-14-24(40)15-19-26)29-10-5-11-34-36-30-6-1-3-8-32(30)37(38(29)34)33-9-4-2-7-31(33)36/h1-22,36-37H,39-40H2. The summed E-state index contributed by atoms with van der Waals surface area (Å²) in [6, 6.07) is 45.4. The molecule has 0 radical (unpaired) electrons. The molecule has 6 aromatic rings. The fourth-order valence-electron chi connectivity index (χ4n) is 6.65. The van der Waals surface area contributed by atoms with Crippen LogP contribution in [0.4, 0.5) is 11.4 Å². The first-order chi connectivity index (χ1) is 20.6. The molecule has 0 saturated heterocycles. The van der Waals surface area contributed by atoms with E-state index in [2.05, 4.69) is 72.8 Å². The SMILES string of the molecule is Nc1ccc(Oc2ccc(-c3cccc4c3C3c5ccccc5C4c4ccccc43)c(Oc3ccc(N)cc3)c2)cc1. The Morgan fingerprint density at radius 1 is 0.405 bits per heavy atom. The molecule has 4 heteroatoms. The maximum atomic E-state index is 6.57. The lowest BCUT2D eigenvalue weighted by Crippen LogP contribution is -2.28. The average Bonchev–Trinajstić information content (AvgIpc) is 3.03. The van der Waals surface area contributed by atoms with Crippen molar-refractivity contribution in [2.24, 2.45) is 0 Å². The molecular formula is C38H28N2O2. The summed E-state index contributed by atoms with van der Waals surface area (Å²) >= 11 is 0. The molecule has 0 amide bonds. The molecule has 0 atom stereocenters. The zero-order valence-corrected chi connectivity index (χ0v) is 22.8. The van der Waals surface area contributed by atoms with Crippen LogP contribution in [0.3, 0.4) is 0 Å². The quantitative estimate of drug-likeness (QED) is 0.212. The molecule has 4 N–H and O–H groups in total. The number of rotatable bonds is 5. The van der Waals surface area contributed by atoms with E-state index in [4.69, 9.17) is 20.9 Å². The van der Waals surface area contributed by atoms with Gasteiger partial charge in [0.15, 0.2) is 0 Å². The second-order valence-corrected chi connectivity index (χ2v) is 10.9. The predicted octanol–water partition coefficient (Wildman–Crippen LogP) is 9.09. The Kier molecular flexibility index (Phi) is 5.54. The number of nitrogens with two attached hydrogens (primary N) is 2. The number of benzene rings is 6. The summed E-state index contributed by atoms with van der Waals surface area (Å²) in [5.74, 6) is 3.14. The van der Waals surface area contributed by atoms with E-state index in [1.54, 1.807) is 0 Å². The van der Waals surface area contributed by atoms with Crippen LogP contribution in [-0.4, -0.2) is 0 Å². The van der Waals surface area contributed by atoms with E-state index < -0.39 is 0 Å². The topological polar surface area (TPSA) is 70.5 Å². The Hall–Kier alpha value is -5.48. The van der Waals surface area contributed by atoms with E-state index in [0.29, 0.717) is 34.4 Å². The molecule has 202 valence electrons. The average molecular weight is 545 g/mol. The number of anilines is 2. The van der Waals surface area contributed by atoms with Gasteiger partial charge >= 0.3 is 0 Å². The number of hydrogen-bond donors (Lipinski definition) is 2. The molecule has 3 aliphatic rings. The van der Waals surface area contributed by atoms with Gasteiger partial charge in [-0.25, -0.2) is 0 Å². The minimum Gasteiger partial charge on any atom is -0.457 e. The molecular weight excluding hydrogens is 516 g/mol. The maximum absolute atomic E-state index is 6.57. The highest BCUT2D eigenvalue weighted by Gasteiger charge is 2.42. The lowest BCUT2D eigenvalue weighted by molar-refractivity contribution is 0.461. The molecule has 2 bridgehead atoms. The van der Waals surface area contributed by atoms with Gasteiger partial charge in [0.2, 0.25) is 0 Å². The van der Waals surface area contributed by atoms with E-state index in [0.717, 1.165) is 11.1 Å². The summed E-state index contributed by atoms with van der Waals surface area (Å²) in [7, 11) is 0. The Morgan fingerprint density at radius 3 is 1.50 bits per heavy atom. The van der Waals surface area contributed by atoms with Gasteiger partial charge in [-0.3, -0.25) is 0 Å². The molecule has 4 nitrogen and oxygen atoms in total. The Balaban J connectivity index is 1.30. The van der Waals surface area contributed by atoms with Crippen LogP contribution >= 0.6 is 0 Å². The summed E-state index contributed by atoms with van der Waals surface area (Å²) in [4.78, 5) is 0. The monoisotopic (exact) mass is 544 g/mol. The molecule has 3 aliphatic carbocycles. The van der Waals surface area contributed by atoms with Crippen LogP contribution in [-0.2, 0) is 0 Å². The van der Waals surface area contributed by atoms with Gasteiger partial charge in [-0.2, -0.15) is 0 Å². The van der Waals surface area contributed by atoms with Crippen LogP contribution in [0, 0.1) is 0 Å². The van der Waals surface area contributed by atoms with Crippen LogP contribution in [0.1, 0.15) is 45.2 Å². The van der Waals surface area contributed by atoms with Crippen LogP contribution in [0.5, 0.6) is 23.0 Å². The van der Waals surface area contributed by atoms with E-state index >= 15 is 0 Å². The van der Waals surface area contributed by atoms with Gasteiger partial charge < -0.3 is 20.9 Å². The second kappa shape index (κ2) is 9.57. The van der Waals surface area contributed by atoms with Gasteiger partial charge in [0, 0.05) is 34.8 Å². The number of hydrogen-bond acceptors (Lipinski definition) is 4. The van der Waals surface area contributed by atoms with E-state index in [1.165, 1.54) is 33.4 Å². The summed E-state index contributed by atoms with van der Waals surface area (Å²) in [6.45, 7) is 0. The third kappa shape index (κ3) is 3.92. The Bertz CT molecular complexity index is 1910. The summed E-state index contributed by atoms with van der Waals surface area (Å²) in [5, 5.41) is 0. The van der Waals surface area contributed by atoms with Gasteiger partial charge in [0.05, 0.1) is 0 Å². The highest BCUT2D eigenvalue weighted by atomic mass is 16.5. The van der Waals surface area contributed by atoms with Crippen LogP contribution in [0.25, 0.3) is 11.1 Å². The van der Waals surface area contributed by atoms with Gasteiger partial charge in [-0.15, -0.1) is 0 Å². The molecule has 6 aromatic carbocycles. The number of ether oxygens (including phenoxy) is 2. The van der Waals surface area contributed by atoms with Crippen molar-refractivity contribution >= 4 is 11.4 Å². The van der Waals surface area contributed by atoms with Crippen LogP contribution < -0.4 is 20.9 Å². The van der Waals surface area contributed by atoms with E-state index in [-0.39, 0.29) is 11.8 Å².